The summed E-state index contributed by atoms with van der Waals surface area (Å²) >= 11 is 0. The number of rotatable bonds is 82. The molecule has 0 amide bonds. The molecule has 0 rings (SSSR count). The van der Waals surface area contributed by atoms with Gasteiger partial charge in [0.05, 0.1) is 40.3 Å². The van der Waals surface area contributed by atoms with Crippen LogP contribution in [0.3, 0.4) is 0 Å². The van der Waals surface area contributed by atoms with Crippen LogP contribution in [0, 0.1) is 0 Å². The number of hydrogen-bond acceptors (Lipinski definition) is 8. The summed E-state index contributed by atoms with van der Waals surface area (Å²) in [7, 11) is 5.96. The Morgan fingerprint density at radius 3 is 0.779 bits per heavy atom. The average molecular weight is 1340 g/mol. The zero-order valence-electron chi connectivity index (χ0n) is 64.8. The minimum Gasteiger partial charge on any atom is -0.545 e. The monoisotopic (exact) mass is 1340 g/mol. The van der Waals surface area contributed by atoms with Crippen molar-refractivity contribution in [1.82, 2.24) is 0 Å². The second-order valence-corrected chi connectivity index (χ2v) is 30.8. The van der Waals surface area contributed by atoms with Crippen LogP contribution >= 0.6 is 0 Å². The van der Waals surface area contributed by atoms with Crippen molar-refractivity contribution in [3.63, 3.8) is 0 Å². The van der Waals surface area contributed by atoms with E-state index in [0.29, 0.717) is 17.4 Å². The lowest BCUT2D eigenvalue weighted by Crippen LogP contribution is -2.44. The first-order chi connectivity index (χ1) is 46.6. The van der Waals surface area contributed by atoms with Gasteiger partial charge in [0.15, 0.2) is 12.4 Å². The SMILES string of the molecule is CCCCCCCCCC/C=C\CCCCCCCCCCCCCCCCCCCCCCCCCC(=O)OC(COC(=O)CCCCCCCCCCCCCCCCCCCCCCCCCCCCCCCCCCCCC)COC(OCC[N+](C)(C)C)C(=O)[O-]. The lowest BCUT2D eigenvalue weighted by molar-refractivity contribution is -0.870. The second-order valence-electron chi connectivity index (χ2n) is 30.8. The van der Waals surface area contributed by atoms with Crippen molar-refractivity contribution >= 4 is 17.9 Å². The molecule has 0 spiro atoms. The number of quaternary nitrogens is 1. The Morgan fingerprint density at radius 1 is 0.305 bits per heavy atom. The number of allylic oxidation sites excluding steroid dienone is 2. The van der Waals surface area contributed by atoms with Gasteiger partial charge in [0.1, 0.15) is 13.2 Å². The van der Waals surface area contributed by atoms with E-state index in [2.05, 4.69) is 26.0 Å². The zero-order valence-corrected chi connectivity index (χ0v) is 64.8. The zero-order chi connectivity index (χ0) is 69.0. The van der Waals surface area contributed by atoms with Crippen LogP contribution in [-0.4, -0.2) is 82.3 Å². The number of aliphatic carboxylic acids is 1. The maximum atomic E-state index is 13.0. The van der Waals surface area contributed by atoms with Crippen molar-refractivity contribution in [3.05, 3.63) is 12.2 Å². The maximum absolute atomic E-state index is 13.0. The third kappa shape index (κ3) is 79.2. The van der Waals surface area contributed by atoms with E-state index in [1.807, 2.05) is 21.1 Å². The first kappa shape index (κ1) is 93.0. The number of carbonyl (C=O) groups is 3. The summed E-state index contributed by atoms with van der Waals surface area (Å²) < 4.78 is 22.9. The normalized spacial score (nSPS) is 12.6. The molecule has 0 aromatic rings. The molecule has 564 valence electrons. The number of ether oxygens (including phenoxy) is 4. The summed E-state index contributed by atoms with van der Waals surface area (Å²) in [6.07, 6.45) is 95.2. The molecule has 0 aromatic heterocycles. The smallest absolute Gasteiger partial charge is 0.306 e. The molecule has 0 aliphatic heterocycles. The van der Waals surface area contributed by atoms with Gasteiger partial charge in [-0.25, -0.2) is 0 Å². The number of likely N-dealkylation sites (N-methyl/N-ethyl adjacent to an activating group) is 1. The van der Waals surface area contributed by atoms with Crippen LogP contribution in [0.15, 0.2) is 12.2 Å². The topological polar surface area (TPSA) is 111 Å². The predicted molar refractivity (Wildman–Crippen MR) is 408 cm³/mol. The highest BCUT2D eigenvalue weighted by Gasteiger charge is 2.22. The molecule has 0 N–H and O–H groups in total. The molecule has 0 aliphatic rings. The van der Waals surface area contributed by atoms with E-state index in [-0.39, 0.29) is 32.2 Å². The molecule has 0 aromatic carbocycles. The van der Waals surface area contributed by atoms with Crippen LogP contribution in [-0.2, 0) is 33.3 Å². The third-order valence-corrected chi connectivity index (χ3v) is 20.0. The summed E-state index contributed by atoms with van der Waals surface area (Å²) in [4.78, 5) is 37.6. The van der Waals surface area contributed by atoms with Gasteiger partial charge in [-0.05, 0) is 38.5 Å². The standard InChI is InChI=1S/C86H167NO8/c1-6-8-10-12-14-16-18-20-22-24-26-28-30-32-34-36-38-40-42-44-46-48-50-52-54-56-58-60-62-64-66-68-70-72-74-76-83(88)93-80-82(81-94-86(85(90)91)92-79-78-87(3,4)5)95-84(89)77-75-73-71-69-67-65-63-61-59-57-55-53-51-49-47-45-43-41-39-37-35-33-31-29-27-25-23-21-19-17-15-13-11-9-7-2/h25,27,82,86H,6-24,26,28-81H2,1-5H3/b27-25-. The molecule has 9 nitrogen and oxygen atoms in total. The Morgan fingerprint density at radius 2 is 0.537 bits per heavy atom. The highest BCUT2D eigenvalue weighted by molar-refractivity contribution is 5.70. The van der Waals surface area contributed by atoms with Crippen LogP contribution < -0.4 is 5.11 Å². The van der Waals surface area contributed by atoms with Gasteiger partial charge in [0.2, 0.25) is 0 Å². The molecule has 9 heteroatoms. The molecule has 0 aliphatic carbocycles. The minimum absolute atomic E-state index is 0.153. The number of unbranched alkanes of at least 4 members (excludes halogenated alkanes) is 65. The molecule has 0 bridgehead atoms. The van der Waals surface area contributed by atoms with Crippen LogP contribution in [0.1, 0.15) is 463 Å². The number of carboxylic acid groups (broad SMARTS) is 1. The molecule has 0 heterocycles. The third-order valence-electron chi connectivity index (χ3n) is 20.0. The Labute approximate surface area is 593 Å². The number of hydrogen-bond donors (Lipinski definition) is 0. The number of carbonyl (C=O) groups excluding carboxylic acids is 3. The minimum atomic E-state index is -1.62. The van der Waals surface area contributed by atoms with Crippen LogP contribution in [0.2, 0.25) is 0 Å². The van der Waals surface area contributed by atoms with Crippen LogP contribution in [0.4, 0.5) is 0 Å². The maximum Gasteiger partial charge on any atom is 0.306 e. The van der Waals surface area contributed by atoms with Crippen molar-refractivity contribution < 1.29 is 42.9 Å². The molecule has 0 saturated carbocycles. The van der Waals surface area contributed by atoms with Gasteiger partial charge in [-0.2, -0.15) is 0 Å². The van der Waals surface area contributed by atoms with Crippen LogP contribution in [0.5, 0.6) is 0 Å². The summed E-state index contributed by atoms with van der Waals surface area (Å²) in [6, 6.07) is 0. The molecule has 0 saturated heterocycles. The lowest BCUT2D eigenvalue weighted by Gasteiger charge is -2.26. The van der Waals surface area contributed by atoms with Crippen LogP contribution in [0.25, 0.3) is 0 Å². The number of esters is 2. The van der Waals surface area contributed by atoms with Crippen molar-refractivity contribution in [2.24, 2.45) is 0 Å². The van der Waals surface area contributed by atoms with Crippen molar-refractivity contribution in [3.8, 4) is 0 Å². The average Bonchev–Trinajstić information content (AvgIpc) is 3.58. The van der Waals surface area contributed by atoms with E-state index < -0.39 is 24.3 Å². The van der Waals surface area contributed by atoms with Gasteiger partial charge in [-0.3, -0.25) is 9.59 Å². The fourth-order valence-electron chi connectivity index (χ4n) is 13.5. The fourth-order valence-corrected chi connectivity index (χ4v) is 13.5. The molecular formula is C86H167NO8. The lowest BCUT2D eigenvalue weighted by atomic mass is 10.0. The first-order valence-corrected chi connectivity index (χ1v) is 42.8. The fraction of sp³-hybridized carbons (Fsp3) is 0.942. The molecule has 2 unspecified atom stereocenters. The van der Waals surface area contributed by atoms with E-state index in [0.717, 1.165) is 38.5 Å². The largest absolute Gasteiger partial charge is 0.545 e. The van der Waals surface area contributed by atoms with Crippen molar-refractivity contribution in [1.29, 1.82) is 0 Å². The van der Waals surface area contributed by atoms with Gasteiger partial charge in [0, 0.05) is 12.8 Å². The van der Waals surface area contributed by atoms with Gasteiger partial charge < -0.3 is 33.3 Å². The van der Waals surface area contributed by atoms with Crippen molar-refractivity contribution in [2.75, 3.05) is 47.5 Å². The first-order valence-electron chi connectivity index (χ1n) is 42.8. The Kier molecular flexibility index (Phi) is 76.1. The Balaban J connectivity index is 3.91. The predicted octanol–water partition coefficient (Wildman–Crippen LogP) is 26.2. The molecular weight excluding hydrogens is 1170 g/mol. The Bertz CT molecular complexity index is 1560. The van der Waals surface area contributed by atoms with Gasteiger partial charge in [0.25, 0.3) is 0 Å². The molecule has 0 fully saturated rings. The molecule has 95 heavy (non-hydrogen) atoms. The molecule has 2 atom stereocenters. The summed E-state index contributed by atoms with van der Waals surface area (Å²) in [5, 5.41) is 11.9. The van der Waals surface area contributed by atoms with Gasteiger partial charge >= 0.3 is 11.9 Å². The van der Waals surface area contributed by atoms with Crippen molar-refractivity contribution in [2.45, 2.75) is 476 Å². The quantitative estimate of drug-likeness (QED) is 0.0195. The Hall–Kier alpha value is -1.97. The van der Waals surface area contributed by atoms with E-state index in [4.69, 9.17) is 18.9 Å². The van der Waals surface area contributed by atoms with Gasteiger partial charge in [-0.1, -0.05) is 424 Å². The second kappa shape index (κ2) is 77.8. The highest BCUT2D eigenvalue weighted by Crippen LogP contribution is 2.21. The van der Waals surface area contributed by atoms with E-state index >= 15 is 0 Å². The highest BCUT2D eigenvalue weighted by atomic mass is 16.7. The summed E-state index contributed by atoms with van der Waals surface area (Å²) in [6.45, 7) is 4.85. The summed E-state index contributed by atoms with van der Waals surface area (Å²) in [5.74, 6) is -2.24. The number of nitrogens with zero attached hydrogens (tertiary/aromatic N) is 1. The van der Waals surface area contributed by atoms with E-state index in [1.54, 1.807) is 0 Å². The molecule has 0 radical (unpaired) electrons. The van der Waals surface area contributed by atoms with E-state index in [1.165, 1.54) is 398 Å². The van der Waals surface area contributed by atoms with E-state index in [9.17, 15) is 19.5 Å². The van der Waals surface area contributed by atoms with Gasteiger partial charge in [-0.15, -0.1) is 0 Å². The summed E-state index contributed by atoms with van der Waals surface area (Å²) in [5.41, 5.74) is 0. The number of carboxylic acids is 1.